The summed E-state index contributed by atoms with van der Waals surface area (Å²) in [4.78, 5) is 24.1. The zero-order valence-electron chi connectivity index (χ0n) is 12.9. The molecular formula is C17H12N4O4. The molecule has 1 N–H and O–H groups in total. The van der Waals surface area contributed by atoms with Crippen LogP contribution >= 0.6 is 0 Å². The lowest BCUT2D eigenvalue weighted by Gasteiger charge is -2.01. The van der Waals surface area contributed by atoms with Gasteiger partial charge in [0.05, 0.1) is 5.52 Å². The van der Waals surface area contributed by atoms with Gasteiger partial charge in [0.15, 0.2) is 5.58 Å². The summed E-state index contributed by atoms with van der Waals surface area (Å²) in [5.41, 5.74) is 1.70. The highest BCUT2D eigenvalue weighted by molar-refractivity contribution is 5.89. The maximum absolute atomic E-state index is 12.2. The minimum absolute atomic E-state index is 0.0373. The van der Waals surface area contributed by atoms with Crippen LogP contribution in [0.25, 0.3) is 22.6 Å². The number of hydrogen-bond donors (Lipinski definition) is 1. The van der Waals surface area contributed by atoms with Crippen molar-refractivity contribution in [1.29, 1.82) is 0 Å². The van der Waals surface area contributed by atoms with Gasteiger partial charge in [-0.15, -0.1) is 5.10 Å². The summed E-state index contributed by atoms with van der Waals surface area (Å²) in [6.45, 7) is -0.223. The maximum atomic E-state index is 12.2. The fourth-order valence-electron chi connectivity index (χ4n) is 2.44. The molecule has 0 aliphatic carbocycles. The van der Waals surface area contributed by atoms with Crippen LogP contribution in [0.15, 0.2) is 68.2 Å². The largest absolute Gasteiger partial charge is 0.420 e. The molecule has 0 atom stereocenters. The van der Waals surface area contributed by atoms with Gasteiger partial charge in [0.25, 0.3) is 0 Å². The van der Waals surface area contributed by atoms with Crippen molar-refractivity contribution in [3.63, 3.8) is 0 Å². The Balaban J connectivity index is 1.52. The van der Waals surface area contributed by atoms with Crippen LogP contribution < -0.4 is 11.1 Å². The zero-order valence-corrected chi connectivity index (χ0v) is 12.9. The van der Waals surface area contributed by atoms with Gasteiger partial charge < -0.3 is 8.83 Å². The van der Waals surface area contributed by atoms with Gasteiger partial charge in [-0.2, -0.15) is 0 Å². The van der Waals surface area contributed by atoms with Gasteiger partial charge in [0.1, 0.15) is 6.54 Å². The molecular weight excluding hydrogens is 324 g/mol. The number of para-hydroxylation sites is 2. The quantitative estimate of drug-likeness (QED) is 0.613. The summed E-state index contributed by atoms with van der Waals surface area (Å²) in [6, 6.07) is 16.0. The van der Waals surface area contributed by atoms with E-state index in [1.54, 1.807) is 24.3 Å². The van der Waals surface area contributed by atoms with E-state index >= 15 is 0 Å². The Morgan fingerprint density at radius 3 is 2.60 bits per heavy atom. The third kappa shape index (κ3) is 2.92. The molecule has 2 aromatic carbocycles. The predicted molar refractivity (Wildman–Crippen MR) is 88.8 cm³/mol. The van der Waals surface area contributed by atoms with Crippen molar-refractivity contribution in [2.75, 3.05) is 5.32 Å². The van der Waals surface area contributed by atoms with E-state index < -0.39 is 11.7 Å². The van der Waals surface area contributed by atoms with E-state index in [1.165, 1.54) is 4.57 Å². The Bertz CT molecular complexity index is 1090. The molecule has 0 aliphatic heterocycles. The first-order chi connectivity index (χ1) is 12.2. The SMILES string of the molecule is O=C(Cn1c(=O)oc2ccccc21)Nc1nnc(-c2ccccc2)o1. The Morgan fingerprint density at radius 1 is 1.00 bits per heavy atom. The van der Waals surface area contributed by atoms with Crippen LogP contribution in [0.2, 0.25) is 0 Å². The van der Waals surface area contributed by atoms with Gasteiger partial charge in [-0.05, 0) is 24.3 Å². The summed E-state index contributed by atoms with van der Waals surface area (Å²) in [5.74, 6) is -0.786. The van der Waals surface area contributed by atoms with E-state index in [0.29, 0.717) is 17.0 Å². The molecule has 25 heavy (non-hydrogen) atoms. The molecule has 0 radical (unpaired) electrons. The number of fused-ring (bicyclic) bond motifs is 1. The number of amides is 1. The maximum Gasteiger partial charge on any atom is 0.420 e. The first-order valence-electron chi connectivity index (χ1n) is 7.48. The van der Waals surface area contributed by atoms with Crippen molar-refractivity contribution in [3.8, 4) is 11.5 Å². The van der Waals surface area contributed by atoms with E-state index in [0.717, 1.165) is 5.56 Å². The summed E-state index contributed by atoms with van der Waals surface area (Å²) in [7, 11) is 0. The van der Waals surface area contributed by atoms with Crippen molar-refractivity contribution in [2.24, 2.45) is 0 Å². The van der Waals surface area contributed by atoms with Crippen molar-refractivity contribution < 1.29 is 13.6 Å². The molecule has 0 saturated heterocycles. The molecule has 0 spiro atoms. The van der Waals surface area contributed by atoms with Crippen LogP contribution in [0.4, 0.5) is 6.01 Å². The highest BCUT2D eigenvalue weighted by atomic mass is 16.4. The van der Waals surface area contributed by atoms with Crippen LogP contribution in [0, 0.1) is 0 Å². The van der Waals surface area contributed by atoms with Crippen LogP contribution in [0.1, 0.15) is 0 Å². The van der Waals surface area contributed by atoms with Crippen LogP contribution in [-0.4, -0.2) is 20.7 Å². The molecule has 2 aromatic heterocycles. The van der Waals surface area contributed by atoms with Gasteiger partial charge in [0.2, 0.25) is 11.8 Å². The average Bonchev–Trinajstić information content (AvgIpc) is 3.21. The van der Waals surface area contributed by atoms with Gasteiger partial charge >= 0.3 is 11.8 Å². The lowest BCUT2D eigenvalue weighted by atomic mass is 10.2. The molecule has 0 fully saturated rings. The van der Waals surface area contributed by atoms with Crippen molar-refractivity contribution >= 4 is 23.0 Å². The van der Waals surface area contributed by atoms with Crippen molar-refractivity contribution in [1.82, 2.24) is 14.8 Å². The molecule has 0 aliphatic rings. The predicted octanol–water partition coefficient (Wildman–Crippen LogP) is 2.28. The Kier molecular flexibility index (Phi) is 3.62. The Labute approximate surface area is 140 Å². The number of carbonyl (C=O) groups excluding carboxylic acids is 1. The van der Waals surface area contributed by atoms with Crippen molar-refractivity contribution in [3.05, 3.63) is 65.1 Å². The fourth-order valence-corrected chi connectivity index (χ4v) is 2.44. The van der Waals surface area contributed by atoms with Crippen LogP contribution in [0.3, 0.4) is 0 Å². The van der Waals surface area contributed by atoms with E-state index in [-0.39, 0.29) is 12.6 Å². The number of nitrogens with zero attached hydrogens (tertiary/aromatic N) is 3. The number of benzene rings is 2. The molecule has 2 heterocycles. The smallest absolute Gasteiger partial charge is 0.408 e. The molecule has 8 heteroatoms. The van der Waals surface area contributed by atoms with E-state index in [1.807, 2.05) is 30.3 Å². The van der Waals surface area contributed by atoms with Crippen LogP contribution in [0.5, 0.6) is 0 Å². The molecule has 0 saturated carbocycles. The number of rotatable bonds is 4. The summed E-state index contributed by atoms with van der Waals surface area (Å²) in [6.07, 6.45) is 0. The van der Waals surface area contributed by atoms with Gasteiger partial charge in [-0.3, -0.25) is 14.7 Å². The Morgan fingerprint density at radius 2 is 1.76 bits per heavy atom. The summed E-state index contributed by atoms with van der Waals surface area (Å²) < 4.78 is 11.7. The molecule has 4 rings (SSSR count). The minimum atomic E-state index is -0.605. The molecule has 1 amide bonds. The first-order valence-corrected chi connectivity index (χ1v) is 7.48. The fraction of sp³-hybridized carbons (Fsp3) is 0.0588. The monoisotopic (exact) mass is 336 g/mol. The third-order valence-corrected chi connectivity index (χ3v) is 3.57. The molecule has 0 bridgehead atoms. The topological polar surface area (TPSA) is 103 Å². The van der Waals surface area contributed by atoms with Gasteiger partial charge in [-0.1, -0.05) is 35.4 Å². The Hall–Kier alpha value is -3.68. The lowest BCUT2D eigenvalue weighted by molar-refractivity contribution is -0.116. The number of hydrogen-bond acceptors (Lipinski definition) is 6. The number of oxazole rings is 1. The van der Waals surface area contributed by atoms with Gasteiger partial charge in [-0.25, -0.2) is 4.79 Å². The van der Waals surface area contributed by atoms with Crippen LogP contribution in [-0.2, 0) is 11.3 Å². The third-order valence-electron chi connectivity index (χ3n) is 3.57. The number of nitrogens with one attached hydrogen (secondary N) is 1. The first kappa shape index (κ1) is 14.9. The second-order valence-corrected chi connectivity index (χ2v) is 5.25. The van der Waals surface area contributed by atoms with E-state index in [2.05, 4.69) is 15.5 Å². The second-order valence-electron chi connectivity index (χ2n) is 5.25. The number of carbonyl (C=O) groups is 1. The van der Waals surface area contributed by atoms with Crippen molar-refractivity contribution in [2.45, 2.75) is 6.54 Å². The molecule has 0 unspecified atom stereocenters. The highest BCUT2D eigenvalue weighted by Gasteiger charge is 2.15. The summed E-state index contributed by atoms with van der Waals surface area (Å²) in [5, 5.41) is 10.2. The number of anilines is 1. The normalized spacial score (nSPS) is 10.9. The number of aromatic nitrogens is 3. The minimum Gasteiger partial charge on any atom is -0.408 e. The second kappa shape index (κ2) is 6.08. The van der Waals surface area contributed by atoms with E-state index in [9.17, 15) is 9.59 Å². The highest BCUT2D eigenvalue weighted by Crippen LogP contribution is 2.19. The molecule has 4 aromatic rings. The average molecular weight is 336 g/mol. The molecule has 124 valence electrons. The summed E-state index contributed by atoms with van der Waals surface area (Å²) >= 11 is 0. The zero-order chi connectivity index (χ0) is 17.2. The lowest BCUT2D eigenvalue weighted by Crippen LogP contribution is -2.24. The van der Waals surface area contributed by atoms with Gasteiger partial charge in [0, 0.05) is 5.56 Å². The van der Waals surface area contributed by atoms with E-state index in [4.69, 9.17) is 8.83 Å². The molecule has 8 nitrogen and oxygen atoms in total. The standard InChI is InChI=1S/C17H12N4O4/c22-14(10-21-12-8-4-5-9-13(12)24-17(21)23)18-16-20-19-15(25-16)11-6-2-1-3-7-11/h1-9H,10H2,(H,18,20,22).